The van der Waals surface area contributed by atoms with E-state index in [1.807, 2.05) is 19.5 Å². The number of aliphatic hydroxyl groups is 3. The van der Waals surface area contributed by atoms with Gasteiger partial charge in [-0.1, -0.05) is 20.8 Å². The standard InChI is InChI=1S/C20H30O4/c1-18-7-6-16-19(2,8-14(22)17(23)20(16,3)11-21)15(18)5-4-12-9-24-10-13(12)18/h9-10,14-17,21-23H,4-8,11H2,1-3H3/t14-,15-,16+,17-,18-,19+,20+/m0/s1. The lowest BCUT2D eigenvalue weighted by Crippen LogP contribution is -2.65. The molecule has 1 aromatic heterocycles. The van der Waals surface area contributed by atoms with Gasteiger partial charge in [-0.15, -0.1) is 0 Å². The summed E-state index contributed by atoms with van der Waals surface area (Å²) in [4.78, 5) is 0. The molecular formula is C20H30O4. The number of hydrogen-bond acceptors (Lipinski definition) is 4. The highest BCUT2D eigenvalue weighted by Crippen LogP contribution is 2.66. The summed E-state index contributed by atoms with van der Waals surface area (Å²) in [6, 6.07) is 0. The summed E-state index contributed by atoms with van der Waals surface area (Å²) in [7, 11) is 0. The van der Waals surface area contributed by atoms with Gasteiger partial charge in [-0.25, -0.2) is 0 Å². The third kappa shape index (κ3) is 1.85. The second-order valence-corrected chi connectivity index (χ2v) is 9.30. The molecule has 0 unspecified atom stereocenters. The summed E-state index contributed by atoms with van der Waals surface area (Å²) >= 11 is 0. The minimum absolute atomic E-state index is 0.0597. The van der Waals surface area contributed by atoms with Gasteiger partial charge >= 0.3 is 0 Å². The van der Waals surface area contributed by atoms with Crippen molar-refractivity contribution in [2.45, 2.75) is 70.5 Å². The number of rotatable bonds is 1. The predicted molar refractivity (Wildman–Crippen MR) is 90.5 cm³/mol. The maximum Gasteiger partial charge on any atom is 0.0943 e. The fourth-order valence-corrected chi connectivity index (χ4v) is 6.99. The highest BCUT2D eigenvalue weighted by Gasteiger charge is 2.64. The minimum Gasteiger partial charge on any atom is -0.472 e. The summed E-state index contributed by atoms with van der Waals surface area (Å²) in [5, 5.41) is 31.3. The first kappa shape index (κ1) is 16.6. The minimum atomic E-state index is -0.849. The fourth-order valence-electron chi connectivity index (χ4n) is 6.99. The maximum atomic E-state index is 10.6. The van der Waals surface area contributed by atoms with E-state index in [2.05, 4.69) is 13.8 Å². The van der Waals surface area contributed by atoms with E-state index in [4.69, 9.17) is 4.42 Å². The Labute approximate surface area is 143 Å². The lowest BCUT2D eigenvalue weighted by Gasteiger charge is -2.65. The van der Waals surface area contributed by atoms with Crippen molar-refractivity contribution < 1.29 is 19.7 Å². The van der Waals surface area contributed by atoms with E-state index in [1.165, 1.54) is 11.1 Å². The molecule has 0 radical (unpaired) electrons. The first-order valence-corrected chi connectivity index (χ1v) is 9.30. The number of hydrogen-bond donors (Lipinski definition) is 3. The number of aryl methyl sites for hydroxylation is 1. The molecular weight excluding hydrogens is 304 g/mol. The topological polar surface area (TPSA) is 73.8 Å². The first-order valence-electron chi connectivity index (χ1n) is 9.30. The molecule has 4 heteroatoms. The van der Waals surface area contributed by atoms with Crippen LogP contribution in [0.5, 0.6) is 0 Å². The van der Waals surface area contributed by atoms with Crippen molar-refractivity contribution in [3.63, 3.8) is 0 Å². The Bertz CT molecular complexity index is 639. The van der Waals surface area contributed by atoms with Crippen LogP contribution in [0.15, 0.2) is 16.9 Å². The molecule has 134 valence electrons. The van der Waals surface area contributed by atoms with Crippen molar-refractivity contribution >= 4 is 0 Å². The summed E-state index contributed by atoms with van der Waals surface area (Å²) in [5.74, 6) is 0.654. The molecule has 0 aliphatic heterocycles. The van der Waals surface area contributed by atoms with Crippen LogP contribution in [0.25, 0.3) is 0 Å². The molecule has 0 aromatic carbocycles. The maximum absolute atomic E-state index is 10.6. The number of aliphatic hydroxyl groups excluding tert-OH is 3. The largest absolute Gasteiger partial charge is 0.472 e. The lowest BCUT2D eigenvalue weighted by molar-refractivity contribution is -0.219. The first-order chi connectivity index (χ1) is 11.3. The van der Waals surface area contributed by atoms with Crippen LogP contribution < -0.4 is 0 Å². The molecule has 24 heavy (non-hydrogen) atoms. The zero-order valence-corrected chi connectivity index (χ0v) is 15.0. The summed E-state index contributed by atoms with van der Waals surface area (Å²) in [6.07, 6.45) is 6.92. The average Bonchev–Trinajstić information content (AvgIpc) is 3.02. The Morgan fingerprint density at radius 2 is 1.88 bits per heavy atom. The van der Waals surface area contributed by atoms with Crippen LogP contribution in [0.3, 0.4) is 0 Å². The Hall–Kier alpha value is -0.840. The van der Waals surface area contributed by atoms with E-state index in [-0.39, 0.29) is 23.4 Å². The second-order valence-electron chi connectivity index (χ2n) is 9.30. The van der Waals surface area contributed by atoms with E-state index < -0.39 is 17.6 Å². The highest BCUT2D eigenvalue weighted by atomic mass is 16.3. The SMILES string of the molecule is C[C@]12C[C@H](O)[C@H](O)[C@](C)(CO)[C@@H]1CC[C@@]1(C)c3cocc3CC[C@H]21. The zero-order valence-electron chi connectivity index (χ0n) is 15.0. The van der Waals surface area contributed by atoms with Crippen LogP contribution in [0, 0.1) is 22.7 Å². The van der Waals surface area contributed by atoms with Crippen molar-refractivity contribution in [3.8, 4) is 0 Å². The van der Waals surface area contributed by atoms with Gasteiger partial charge in [-0.3, -0.25) is 0 Å². The molecule has 4 nitrogen and oxygen atoms in total. The van der Waals surface area contributed by atoms with Gasteiger partial charge < -0.3 is 19.7 Å². The molecule has 0 bridgehead atoms. The summed E-state index contributed by atoms with van der Waals surface area (Å²) < 4.78 is 5.52. The van der Waals surface area contributed by atoms with Gasteiger partial charge in [0.15, 0.2) is 0 Å². The average molecular weight is 334 g/mol. The van der Waals surface area contributed by atoms with Crippen LogP contribution in [0.2, 0.25) is 0 Å². The third-order valence-corrected chi connectivity index (χ3v) is 8.20. The fraction of sp³-hybridized carbons (Fsp3) is 0.800. The van der Waals surface area contributed by atoms with E-state index in [9.17, 15) is 15.3 Å². The van der Waals surface area contributed by atoms with Gasteiger partial charge in [-0.05, 0) is 65.9 Å². The van der Waals surface area contributed by atoms with Gasteiger partial charge in [-0.2, -0.15) is 0 Å². The van der Waals surface area contributed by atoms with Gasteiger partial charge in [0, 0.05) is 5.41 Å². The number of furan rings is 1. The summed E-state index contributed by atoms with van der Waals surface area (Å²) in [5.41, 5.74) is 2.01. The Morgan fingerprint density at radius 3 is 2.58 bits per heavy atom. The van der Waals surface area contributed by atoms with Crippen molar-refractivity contribution in [3.05, 3.63) is 23.7 Å². The van der Waals surface area contributed by atoms with Crippen LogP contribution in [-0.2, 0) is 11.8 Å². The van der Waals surface area contributed by atoms with Gasteiger partial charge in [0.2, 0.25) is 0 Å². The second kappa shape index (κ2) is 5.09. The zero-order chi connectivity index (χ0) is 17.3. The lowest BCUT2D eigenvalue weighted by atomic mass is 9.40. The van der Waals surface area contributed by atoms with Gasteiger partial charge in [0.05, 0.1) is 31.3 Å². The predicted octanol–water partition coefficient (Wildman–Crippen LogP) is 2.64. The van der Waals surface area contributed by atoms with Crippen molar-refractivity contribution in [1.82, 2.24) is 0 Å². The van der Waals surface area contributed by atoms with Gasteiger partial charge in [0.1, 0.15) is 0 Å². The molecule has 1 heterocycles. The van der Waals surface area contributed by atoms with E-state index in [1.54, 1.807) is 0 Å². The molecule has 0 spiro atoms. The Kier molecular flexibility index (Phi) is 3.52. The molecule has 2 fully saturated rings. The van der Waals surface area contributed by atoms with Crippen LogP contribution in [0.4, 0.5) is 0 Å². The molecule has 0 amide bonds. The van der Waals surface area contributed by atoms with Crippen molar-refractivity contribution in [1.29, 1.82) is 0 Å². The van der Waals surface area contributed by atoms with Crippen molar-refractivity contribution in [2.24, 2.45) is 22.7 Å². The molecule has 0 saturated heterocycles. The quantitative estimate of drug-likeness (QED) is 0.738. The van der Waals surface area contributed by atoms with Crippen LogP contribution in [0.1, 0.15) is 57.6 Å². The smallest absolute Gasteiger partial charge is 0.0943 e. The molecule has 3 aliphatic carbocycles. The molecule has 7 atom stereocenters. The highest BCUT2D eigenvalue weighted by molar-refractivity contribution is 5.36. The van der Waals surface area contributed by atoms with E-state index >= 15 is 0 Å². The van der Waals surface area contributed by atoms with E-state index in [0.717, 1.165) is 25.7 Å². The molecule has 4 rings (SSSR count). The monoisotopic (exact) mass is 334 g/mol. The molecule has 3 aliphatic rings. The van der Waals surface area contributed by atoms with Gasteiger partial charge in [0.25, 0.3) is 0 Å². The summed E-state index contributed by atoms with van der Waals surface area (Å²) in [6.45, 7) is 6.51. The normalized spacial score (nSPS) is 50.8. The number of fused-ring (bicyclic) bond motifs is 5. The molecule has 1 aromatic rings. The van der Waals surface area contributed by atoms with E-state index in [0.29, 0.717) is 12.3 Å². The van der Waals surface area contributed by atoms with Crippen molar-refractivity contribution in [2.75, 3.05) is 6.61 Å². The molecule has 3 N–H and O–H groups in total. The van der Waals surface area contributed by atoms with Crippen LogP contribution in [-0.4, -0.2) is 34.1 Å². The van der Waals surface area contributed by atoms with Crippen LogP contribution >= 0.6 is 0 Å². The Balaban J connectivity index is 1.81. The molecule has 2 saturated carbocycles. The Morgan fingerprint density at radius 1 is 1.12 bits per heavy atom. The third-order valence-electron chi connectivity index (χ3n) is 8.20.